The lowest BCUT2D eigenvalue weighted by Crippen LogP contribution is -2.22. The number of nitrogens with two attached hydrogens (primary N) is 1. The molecule has 0 saturated heterocycles. The van der Waals surface area contributed by atoms with E-state index >= 15 is 0 Å². The molecule has 0 bridgehead atoms. The van der Waals surface area contributed by atoms with Gasteiger partial charge in [0.25, 0.3) is 0 Å². The maximum absolute atomic E-state index is 7.64. The van der Waals surface area contributed by atoms with Crippen molar-refractivity contribution in [2.45, 2.75) is 6.54 Å². The number of nitrogens with zero attached hydrogens (tertiary/aromatic N) is 2. The molecular weight excluding hydrogens is 260 g/mol. The summed E-state index contributed by atoms with van der Waals surface area (Å²) in [6, 6.07) is 9.39. The number of nitrogens with one attached hydrogen (secondary N) is 1. The second kappa shape index (κ2) is 5.71. The average molecular weight is 275 g/mol. The number of nitrogen functional groups attached to an aromatic ring is 1. The third-order valence-corrected chi connectivity index (χ3v) is 3.13. The van der Waals surface area contributed by atoms with Gasteiger partial charge in [-0.15, -0.1) is 0 Å². The molecule has 3 N–H and O–H groups in total. The zero-order valence-electron chi connectivity index (χ0n) is 10.6. The Bertz CT molecular complexity index is 583. The maximum Gasteiger partial charge on any atom is 0.126 e. The smallest absolute Gasteiger partial charge is 0.126 e. The number of benzene rings is 1. The number of anilines is 1. The highest BCUT2D eigenvalue weighted by Gasteiger charge is 2.13. The molecule has 0 amide bonds. The first-order valence-corrected chi connectivity index (χ1v) is 6.20. The molecule has 2 aromatic rings. The van der Waals surface area contributed by atoms with Crippen LogP contribution in [0.1, 0.15) is 11.1 Å². The molecular formula is C14H15ClN4. The first kappa shape index (κ1) is 13.4. The summed E-state index contributed by atoms with van der Waals surface area (Å²) in [6.07, 6.45) is 3.55. The molecule has 0 atom stereocenters. The second-order valence-corrected chi connectivity index (χ2v) is 4.67. The second-order valence-electron chi connectivity index (χ2n) is 4.26. The summed E-state index contributed by atoms with van der Waals surface area (Å²) >= 11 is 6.11. The quantitative estimate of drug-likeness (QED) is 0.665. The molecule has 1 heterocycles. The number of rotatable bonds is 4. The molecule has 1 aromatic heterocycles. The van der Waals surface area contributed by atoms with Gasteiger partial charge >= 0.3 is 0 Å². The Labute approximate surface area is 117 Å². The average Bonchev–Trinajstić information content (AvgIpc) is 2.39. The van der Waals surface area contributed by atoms with E-state index in [9.17, 15) is 0 Å². The van der Waals surface area contributed by atoms with E-state index in [1.54, 1.807) is 12.3 Å². The lowest BCUT2D eigenvalue weighted by molar-refractivity contribution is 0.913. The summed E-state index contributed by atoms with van der Waals surface area (Å²) in [5, 5.41) is 8.13. The maximum atomic E-state index is 7.64. The minimum atomic E-state index is -0.0290. The van der Waals surface area contributed by atoms with Gasteiger partial charge in [-0.25, -0.2) is 0 Å². The molecule has 0 spiro atoms. The van der Waals surface area contributed by atoms with Gasteiger partial charge in [0, 0.05) is 31.7 Å². The van der Waals surface area contributed by atoms with Crippen LogP contribution in [0.4, 0.5) is 5.69 Å². The van der Waals surface area contributed by atoms with Crippen LogP contribution in [0.2, 0.25) is 5.02 Å². The van der Waals surface area contributed by atoms with Crippen molar-refractivity contribution >= 4 is 23.1 Å². The first-order valence-electron chi connectivity index (χ1n) is 5.82. The van der Waals surface area contributed by atoms with E-state index in [2.05, 4.69) is 4.98 Å². The van der Waals surface area contributed by atoms with Gasteiger partial charge in [0.05, 0.1) is 10.6 Å². The molecule has 0 aliphatic heterocycles. The highest BCUT2D eigenvalue weighted by Crippen LogP contribution is 2.27. The summed E-state index contributed by atoms with van der Waals surface area (Å²) in [5.74, 6) is -0.0290. The summed E-state index contributed by atoms with van der Waals surface area (Å²) in [4.78, 5) is 6.09. The fourth-order valence-corrected chi connectivity index (χ4v) is 2.22. The van der Waals surface area contributed by atoms with Crippen LogP contribution in [0.3, 0.4) is 0 Å². The number of amidine groups is 1. The Balaban J connectivity index is 2.31. The number of hydrogen-bond donors (Lipinski definition) is 2. The fourth-order valence-electron chi connectivity index (χ4n) is 1.95. The fraction of sp³-hybridized carbons (Fsp3) is 0.143. The van der Waals surface area contributed by atoms with Crippen molar-refractivity contribution in [2.24, 2.45) is 5.73 Å². The molecule has 0 aliphatic carbocycles. The topological polar surface area (TPSA) is 66.0 Å². The number of pyridine rings is 1. The Morgan fingerprint density at radius 2 is 2.16 bits per heavy atom. The van der Waals surface area contributed by atoms with Crippen molar-refractivity contribution in [2.75, 3.05) is 11.9 Å². The van der Waals surface area contributed by atoms with Crippen LogP contribution in [0, 0.1) is 5.41 Å². The van der Waals surface area contributed by atoms with Gasteiger partial charge in [-0.2, -0.15) is 0 Å². The van der Waals surface area contributed by atoms with Crippen LogP contribution in [0.25, 0.3) is 0 Å². The van der Waals surface area contributed by atoms with Gasteiger partial charge in [-0.3, -0.25) is 10.4 Å². The number of hydrogen-bond acceptors (Lipinski definition) is 3. The van der Waals surface area contributed by atoms with Crippen LogP contribution in [-0.4, -0.2) is 17.9 Å². The van der Waals surface area contributed by atoms with E-state index in [-0.39, 0.29) is 5.84 Å². The summed E-state index contributed by atoms with van der Waals surface area (Å²) < 4.78 is 0. The van der Waals surface area contributed by atoms with Gasteiger partial charge in [-0.05, 0) is 23.8 Å². The standard InChI is InChI=1S/C14H15ClN4/c1-19(9-10-4-3-7-18-8-10)12-6-2-5-11(15)13(12)14(16)17/h2-8H,9H2,1H3,(H3,16,17). The van der Waals surface area contributed by atoms with Crippen molar-refractivity contribution in [3.05, 3.63) is 58.9 Å². The molecule has 0 saturated carbocycles. The summed E-state index contributed by atoms with van der Waals surface area (Å²) in [5.41, 5.74) is 8.09. The third kappa shape index (κ3) is 3.03. The van der Waals surface area contributed by atoms with E-state index in [0.29, 0.717) is 17.1 Å². The van der Waals surface area contributed by atoms with Crippen LogP contribution in [0.5, 0.6) is 0 Å². The molecule has 0 fully saturated rings. The molecule has 98 valence electrons. The number of aromatic nitrogens is 1. The minimum absolute atomic E-state index is 0.0290. The van der Waals surface area contributed by atoms with E-state index in [0.717, 1.165) is 11.3 Å². The SMILES string of the molecule is CN(Cc1cccnc1)c1cccc(Cl)c1C(=N)N. The molecule has 0 aliphatic rings. The summed E-state index contributed by atoms with van der Waals surface area (Å²) in [6.45, 7) is 0.675. The molecule has 1 aromatic carbocycles. The number of halogens is 1. The molecule has 5 heteroatoms. The van der Waals surface area contributed by atoms with E-state index in [1.807, 2.05) is 42.4 Å². The highest BCUT2D eigenvalue weighted by atomic mass is 35.5. The third-order valence-electron chi connectivity index (χ3n) is 2.81. The van der Waals surface area contributed by atoms with Crippen LogP contribution in [0.15, 0.2) is 42.7 Å². The monoisotopic (exact) mass is 274 g/mol. The lowest BCUT2D eigenvalue weighted by atomic mass is 10.1. The van der Waals surface area contributed by atoms with Gasteiger partial charge in [0.15, 0.2) is 0 Å². The predicted molar refractivity (Wildman–Crippen MR) is 78.8 cm³/mol. The zero-order chi connectivity index (χ0) is 13.8. The zero-order valence-corrected chi connectivity index (χ0v) is 11.4. The molecule has 4 nitrogen and oxygen atoms in total. The Kier molecular flexibility index (Phi) is 4.02. The largest absolute Gasteiger partial charge is 0.384 e. The molecule has 19 heavy (non-hydrogen) atoms. The van der Waals surface area contributed by atoms with Crippen molar-refractivity contribution < 1.29 is 0 Å². The Morgan fingerprint density at radius 1 is 1.37 bits per heavy atom. The van der Waals surface area contributed by atoms with Crippen molar-refractivity contribution in [1.29, 1.82) is 5.41 Å². The van der Waals surface area contributed by atoms with Crippen molar-refractivity contribution in [1.82, 2.24) is 4.98 Å². The van der Waals surface area contributed by atoms with Gasteiger partial charge < -0.3 is 10.6 Å². The summed E-state index contributed by atoms with van der Waals surface area (Å²) in [7, 11) is 1.94. The molecule has 2 rings (SSSR count). The Morgan fingerprint density at radius 3 is 2.79 bits per heavy atom. The van der Waals surface area contributed by atoms with Crippen LogP contribution < -0.4 is 10.6 Å². The van der Waals surface area contributed by atoms with Gasteiger partial charge in [0.2, 0.25) is 0 Å². The van der Waals surface area contributed by atoms with Crippen LogP contribution >= 0.6 is 11.6 Å². The minimum Gasteiger partial charge on any atom is -0.384 e. The van der Waals surface area contributed by atoms with Gasteiger partial charge in [0.1, 0.15) is 5.84 Å². The molecule has 0 unspecified atom stereocenters. The Hall–Kier alpha value is -2.07. The first-order chi connectivity index (χ1) is 9.09. The van der Waals surface area contributed by atoms with E-state index in [1.165, 1.54) is 0 Å². The van der Waals surface area contributed by atoms with E-state index in [4.69, 9.17) is 22.7 Å². The normalized spacial score (nSPS) is 10.2. The molecule has 0 radical (unpaired) electrons. The highest BCUT2D eigenvalue weighted by molar-refractivity contribution is 6.34. The van der Waals surface area contributed by atoms with Crippen molar-refractivity contribution in [3.63, 3.8) is 0 Å². The van der Waals surface area contributed by atoms with E-state index < -0.39 is 0 Å². The van der Waals surface area contributed by atoms with Crippen molar-refractivity contribution in [3.8, 4) is 0 Å². The predicted octanol–water partition coefficient (Wildman–Crippen LogP) is 2.66. The lowest BCUT2D eigenvalue weighted by Gasteiger charge is -2.22. The van der Waals surface area contributed by atoms with Gasteiger partial charge in [-0.1, -0.05) is 23.7 Å². The van der Waals surface area contributed by atoms with Crippen LogP contribution in [-0.2, 0) is 6.54 Å².